The Hall–Kier alpha value is -1.32. The van der Waals surface area contributed by atoms with Crippen LogP contribution >= 0.6 is 0 Å². The predicted molar refractivity (Wildman–Crippen MR) is 77.7 cm³/mol. The highest BCUT2D eigenvalue weighted by Crippen LogP contribution is 2.19. The van der Waals surface area contributed by atoms with Crippen LogP contribution in [0.15, 0.2) is 0 Å². The molecule has 0 aliphatic heterocycles. The first-order chi connectivity index (χ1) is 8.62. The van der Waals surface area contributed by atoms with Crippen molar-refractivity contribution in [2.45, 2.75) is 53.4 Å². The molecule has 0 atom stereocenters. The molecule has 4 heteroatoms. The molecule has 0 spiro atoms. The fourth-order valence-corrected chi connectivity index (χ4v) is 1.91. The van der Waals surface area contributed by atoms with Crippen molar-refractivity contribution in [1.82, 2.24) is 9.97 Å². The average molecular weight is 250 g/mol. The van der Waals surface area contributed by atoms with Crippen molar-refractivity contribution in [3.05, 3.63) is 11.4 Å². The topological polar surface area (TPSA) is 63.8 Å². The lowest BCUT2D eigenvalue weighted by Gasteiger charge is -2.16. The maximum Gasteiger partial charge on any atom is 0.134 e. The number of nitrogens with two attached hydrogens (primary N) is 1. The van der Waals surface area contributed by atoms with E-state index in [1.165, 1.54) is 12.8 Å². The first kappa shape index (κ1) is 14.7. The summed E-state index contributed by atoms with van der Waals surface area (Å²) in [6.45, 7) is 9.49. The summed E-state index contributed by atoms with van der Waals surface area (Å²) < 4.78 is 0. The molecule has 0 saturated heterocycles. The van der Waals surface area contributed by atoms with Gasteiger partial charge in [0.25, 0.3) is 0 Å². The molecule has 102 valence electrons. The van der Waals surface area contributed by atoms with Crippen LogP contribution in [0.5, 0.6) is 0 Å². The molecule has 0 unspecified atom stereocenters. The molecule has 1 aromatic rings. The van der Waals surface area contributed by atoms with E-state index in [4.69, 9.17) is 5.73 Å². The standard InChI is InChI=1S/C14H26N4/c1-5-8-12-17-13(15)10(4)14(18-12)16-9-11(6-2)7-3/h11H,5-9H2,1-4H3,(H3,15,16,17,18). The van der Waals surface area contributed by atoms with E-state index in [-0.39, 0.29) is 0 Å². The molecule has 0 radical (unpaired) electrons. The van der Waals surface area contributed by atoms with E-state index >= 15 is 0 Å². The third kappa shape index (κ3) is 3.86. The Labute approximate surface area is 110 Å². The van der Waals surface area contributed by atoms with Gasteiger partial charge in [0.1, 0.15) is 17.5 Å². The van der Waals surface area contributed by atoms with E-state index < -0.39 is 0 Å². The summed E-state index contributed by atoms with van der Waals surface area (Å²) >= 11 is 0. The largest absolute Gasteiger partial charge is 0.383 e. The second kappa shape index (κ2) is 7.19. The molecular weight excluding hydrogens is 224 g/mol. The average Bonchev–Trinajstić information content (AvgIpc) is 2.36. The fourth-order valence-electron chi connectivity index (χ4n) is 1.91. The molecule has 1 aromatic heterocycles. The van der Waals surface area contributed by atoms with Crippen molar-refractivity contribution in [2.24, 2.45) is 5.92 Å². The van der Waals surface area contributed by atoms with E-state index in [1.807, 2.05) is 6.92 Å². The summed E-state index contributed by atoms with van der Waals surface area (Å²) in [6, 6.07) is 0. The van der Waals surface area contributed by atoms with Crippen LogP contribution in [-0.4, -0.2) is 16.5 Å². The number of hydrogen-bond donors (Lipinski definition) is 2. The Bertz CT molecular complexity index is 372. The van der Waals surface area contributed by atoms with E-state index in [0.717, 1.165) is 36.6 Å². The Morgan fingerprint density at radius 1 is 1.17 bits per heavy atom. The Morgan fingerprint density at radius 2 is 1.83 bits per heavy atom. The summed E-state index contributed by atoms with van der Waals surface area (Å²) in [5, 5.41) is 3.42. The molecule has 0 aromatic carbocycles. The zero-order valence-electron chi connectivity index (χ0n) is 12.1. The number of rotatable bonds is 7. The Morgan fingerprint density at radius 3 is 2.39 bits per heavy atom. The molecule has 0 fully saturated rings. The third-order valence-electron chi connectivity index (χ3n) is 3.42. The second-order valence-electron chi connectivity index (χ2n) is 4.81. The van der Waals surface area contributed by atoms with Gasteiger partial charge in [0.2, 0.25) is 0 Å². The summed E-state index contributed by atoms with van der Waals surface area (Å²) in [7, 11) is 0. The molecule has 0 aliphatic rings. The SMILES string of the molecule is CCCc1nc(N)c(C)c(NCC(CC)CC)n1. The molecule has 0 aliphatic carbocycles. The first-order valence-electron chi connectivity index (χ1n) is 6.99. The number of aryl methyl sites for hydroxylation is 1. The van der Waals surface area contributed by atoms with Gasteiger partial charge in [0.15, 0.2) is 0 Å². The molecular formula is C14H26N4. The van der Waals surface area contributed by atoms with Gasteiger partial charge in [-0.15, -0.1) is 0 Å². The van der Waals surface area contributed by atoms with Gasteiger partial charge in [-0.2, -0.15) is 0 Å². The van der Waals surface area contributed by atoms with E-state index in [2.05, 4.69) is 36.1 Å². The highest BCUT2D eigenvalue weighted by atomic mass is 15.1. The number of aromatic nitrogens is 2. The van der Waals surface area contributed by atoms with Crippen LogP contribution in [0, 0.1) is 12.8 Å². The number of anilines is 2. The van der Waals surface area contributed by atoms with Crippen molar-refractivity contribution in [2.75, 3.05) is 17.6 Å². The van der Waals surface area contributed by atoms with E-state index in [1.54, 1.807) is 0 Å². The second-order valence-corrected chi connectivity index (χ2v) is 4.81. The van der Waals surface area contributed by atoms with Crippen molar-refractivity contribution < 1.29 is 0 Å². The lowest BCUT2D eigenvalue weighted by atomic mass is 10.0. The number of hydrogen-bond acceptors (Lipinski definition) is 4. The maximum atomic E-state index is 5.93. The minimum atomic E-state index is 0.598. The zero-order valence-corrected chi connectivity index (χ0v) is 12.1. The first-order valence-corrected chi connectivity index (χ1v) is 6.99. The lowest BCUT2D eigenvalue weighted by Crippen LogP contribution is -2.16. The molecule has 1 rings (SSSR count). The highest BCUT2D eigenvalue weighted by Gasteiger charge is 2.10. The van der Waals surface area contributed by atoms with E-state index in [9.17, 15) is 0 Å². The smallest absolute Gasteiger partial charge is 0.134 e. The molecule has 1 heterocycles. The number of nitrogens with one attached hydrogen (secondary N) is 1. The monoisotopic (exact) mass is 250 g/mol. The van der Waals surface area contributed by atoms with Crippen LogP contribution in [0.1, 0.15) is 51.4 Å². The quantitative estimate of drug-likeness (QED) is 0.780. The summed E-state index contributed by atoms with van der Waals surface area (Å²) in [6.07, 6.45) is 4.29. The molecule has 4 nitrogen and oxygen atoms in total. The molecule has 3 N–H and O–H groups in total. The molecule has 0 saturated carbocycles. The lowest BCUT2D eigenvalue weighted by molar-refractivity contribution is 0.518. The molecule has 0 amide bonds. The van der Waals surface area contributed by atoms with Crippen LogP contribution < -0.4 is 11.1 Å². The Kier molecular flexibility index (Phi) is 5.89. The Balaban J connectivity index is 2.80. The molecule has 0 bridgehead atoms. The van der Waals surface area contributed by atoms with Crippen LogP contribution in [0.3, 0.4) is 0 Å². The fraction of sp³-hybridized carbons (Fsp3) is 0.714. The molecule has 18 heavy (non-hydrogen) atoms. The van der Waals surface area contributed by atoms with E-state index in [0.29, 0.717) is 11.7 Å². The minimum absolute atomic E-state index is 0.598. The van der Waals surface area contributed by atoms with Crippen LogP contribution in [0.2, 0.25) is 0 Å². The van der Waals surface area contributed by atoms with Crippen molar-refractivity contribution in [1.29, 1.82) is 0 Å². The van der Waals surface area contributed by atoms with Crippen LogP contribution in [0.25, 0.3) is 0 Å². The van der Waals surface area contributed by atoms with Gasteiger partial charge in [-0.1, -0.05) is 33.6 Å². The van der Waals surface area contributed by atoms with Crippen molar-refractivity contribution >= 4 is 11.6 Å². The number of nitrogens with zero attached hydrogens (tertiary/aromatic N) is 2. The summed E-state index contributed by atoms with van der Waals surface area (Å²) in [5.74, 6) is 3.03. The summed E-state index contributed by atoms with van der Waals surface area (Å²) in [5.41, 5.74) is 6.89. The normalized spacial score (nSPS) is 10.9. The van der Waals surface area contributed by atoms with Crippen molar-refractivity contribution in [3.8, 4) is 0 Å². The number of nitrogen functional groups attached to an aromatic ring is 1. The van der Waals surface area contributed by atoms with Gasteiger partial charge in [-0.25, -0.2) is 9.97 Å². The highest BCUT2D eigenvalue weighted by molar-refractivity contribution is 5.54. The predicted octanol–water partition coefficient (Wildman–Crippen LogP) is 3.17. The maximum absolute atomic E-state index is 5.93. The van der Waals surface area contributed by atoms with Crippen LogP contribution in [0.4, 0.5) is 11.6 Å². The minimum Gasteiger partial charge on any atom is -0.383 e. The van der Waals surface area contributed by atoms with Gasteiger partial charge in [0.05, 0.1) is 0 Å². The van der Waals surface area contributed by atoms with Gasteiger partial charge in [0, 0.05) is 18.5 Å². The van der Waals surface area contributed by atoms with Gasteiger partial charge in [-0.3, -0.25) is 0 Å². The third-order valence-corrected chi connectivity index (χ3v) is 3.42. The van der Waals surface area contributed by atoms with Crippen molar-refractivity contribution in [3.63, 3.8) is 0 Å². The van der Waals surface area contributed by atoms with Gasteiger partial charge < -0.3 is 11.1 Å². The zero-order chi connectivity index (χ0) is 13.5. The van der Waals surface area contributed by atoms with Gasteiger partial charge >= 0.3 is 0 Å². The summed E-state index contributed by atoms with van der Waals surface area (Å²) in [4.78, 5) is 8.88. The van der Waals surface area contributed by atoms with Gasteiger partial charge in [-0.05, 0) is 19.3 Å². The van der Waals surface area contributed by atoms with Crippen LogP contribution in [-0.2, 0) is 6.42 Å².